The molecule has 1 aliphatic carbocycles. The third kappa shape index (κ3) is 3.78. The summed E-state index contributed by atoms with van der Waals surface area (Å²) in [5, 5.41) is 3.17. The minimum atomic E-state index is -0.113. The molecule has 1 rings (SSSR count). The fraction of sp³-hybridized carbons (Fsp3) is 0.923. The van der Waals surface area contributed by atoms with Gasteiger partial charge in [0.2, 0.25) is 5.91 Å². The zero-order valence-electron chi connectivity index (χ0n) is 10.9. The highest BCUT2D eigenvalue weighted by Crippen LogP contribution is 2.31. The largest absolute Gasteiger partial charge is 0.349 e. The van der Waals surface area contributed by atoms with Gasteiger partial charge in [-0.25, -0.2) is 0 Å². The van der Waals surface area contributed by atoms with Crippen LogP contribution in [-0.4, -0.2) is 18.0 Å². The number of nitrogens with two attached hydrogens (primary N) is 1. The van der Waals surface area contributed by atoms with Gasteiger partial charge in [-0.15, -0.1) is 0 Å². The molecule has 0 aliphatic heterocycles. The zero-order valence-corrected chi connectivity index (χ0v) is 10.9. The van der Waals surface area contributed by atoms with Gasteiger partial charge < -0.3 is 11.1 Å². The Labute approximate surface area is 99.2 Å². The average Bonchev–Trinajstić information content (AvgIpc) is 2.21. The van der Waals surface area contributed by atoms with Gasteiger partial charge in [0.15, 0.2) is 0 Å². The first kappa shape index (κ1) is 13.5. The van der Waals surface area contributed by atoms with E-state index in [4.69, 9.17) is 5.73 Å². The Kier molecular flexibility index (Phi) is 4.78. The molecule has 0 bridgehead atoms. The third-order valence-electron chi connectivity index (χ3n) is 3.62. The maximum absolute atomic E-state index is 11.8. The summed E-state index contributed by atoms with van der Waals surface area (Å²) >= 11 is 0. The molecule has 16 heavy (non-hydrogen) atoms. The highest BCUT2D eigenvalue weighted by Gasteiger charge is 2.34. The summed E-state index contributed by atoms with van der Waals surface area (Å²) in [5.41, 5.74) is 5.74. The minimum absolute atomic E-state index is 0.113. The standard InChI is InChI=1S/C13H26N2O/c1-10(2)8-12(16)15-13(9-14)6-4-11(3)5-7-13/h10-11H,4-9,14H2,1-3H3,(H,15,16). The van der Waals surface area contributed by atoms with Crippen LogP contribution in [0.25, 0.3) is 0 Å². The van der Waals surface area contributed by atoms with Gasteiger partial charge in [-0.2, -0.15) is 0 Å². The lowest BCUT2D eigenvalue weighted by Crippen LogP contribution is -2.55. The van der Waals surface area contributed by atoms with E-state index in [9.17, 15) is 4.79 Å². The molecule has 94 valence electrons. The van der Waals surface area contributed by atoms with Crippen molar-refractivity contribution in [3.8, 4) is 0 Å². The normalized spacial score (nSPS) is 30.4. The van der Waals surface area contributed by atoms with Gasteiger partial charge in [0.1, 0.15) is 0 Å². The molecular weight excluding hydrogens is 200 g/mol. The summed E-state index contributed by atoms with van der Waals surface area (Å²) < 4.78 is 0. The first-order valence-corrected chi connectivity index (χ1v) is 6.48. The van der Waals surface area contributed by atoms with Crippen LogP contribution in [0.4, 0.5) is 0 Å². The number of nitrogens with one attached hydrogen (secondary N) is 1. The summed E-state index contributed by atoms with van der Waals surface area (Å²) in [6.07, 6.45) is 5.04. The van der Waals surface area contributed by atoms with Crippen molar-refractivity contribution in [3.63, 3.8) is 0 Å². The molecule has 3 N–H and O–H groups in total. The van der Waals surface area contributed by atoms with E-state index in [0.29, 0.717) is 18.9 Å². The molecule has 1 fully saturated rings. The van der Waals surface area contributed by atoms with E-state index >= 15 is 0 Å². The van der Waals surface area contributed by atoms with Crippen molar-refractivity contribution < 1.29 is 4.79 Å². The lowest BCUT2D eigenvalue weighted by Gasteiger charge is -2.39. The molecule has 0 atom stereocenters. The van der Waals surface area contributed by atoms with Crippen molar-refractivity contribution in [2.24, 2.45) is 17.6 Å². The van der Waals surface area contributed by atoms with Crippen LogP contribution < -0.4 is 11.1 Å². The molecule has 0 heterocycles. The molecule has 1 aliphatic rings. The van der Waals surface area contributed by atoms with Crippen LogP contribution in [0.5, 0.6) is 0 Å². The number of rotatable bonds is 4. The van der Waals surface area contributed by atoms with Crippen molar-refractivity contribution in [1.29, 1.82) is 0 Å². The SMILES string of the molecule is CC(C)CC(=O)NC1(CN)CCC(C)CC1. The molecule has 0 spiro atoms. The van der Waals surface area contributed by atoms with Gasteiger partial charge in [0.25, 0.3) is 0 Å². The number of hydrogen-bond donors (Lipinski definition) is 2. The predicted molar refractivity (Wildman–Crippen MR) is 67.0 cm³/mol. The van der Waals surface area contributed by atoms with E-state index in [2.05, 4.69) is 26.1 Å². The smallest absolute Gasteiger partial charge is 0.220 e. The number of carbonyl (C=O) groups excluding carboxylic acids is 1. The van der Waals surface area contributed by atoms with Gasteiger partial charge in [-0.3, -0.25) is 4.79 Å². The number of carbonyl (C=O) groups is 1. The summed E-state index contributed by atoms with van der Waals surface area (Å²) in [7, 11) is 0. The molecule has 0 aromatic carbocycles. The van der Waals surface area contributed by atoms with Crippen LogP contribution >= 0.6 is 0 Å². The van der Waals surface area contributed by atoms with Crippen molar-refractivity contribution >= 4 is 5.91 Å². The van der Waals surface area contributed by atoms with Crippen LogP contribution in [0.1, 0.15) is 52.9 Å². The van der Waals surface area contributed by atoms with E-state index < -0.39 is 0 Å². The van der Waals surface area contributed by atoms with Crippen LogP contribution in [0.15, 0.2) is 0 Å². The van der Waals surface area contributed by atoms with E-state index in [1.165, 1.54) is 12.8 Å². The maximum atomic E-state index is 11.8. The molecule has 1 amide bonds. The molecule has 0 radical (unpaired) electrons. The number of amides is 1. The van der Waals surface area contributed by atoms with Crippen LogP contribution in [-0.2, 0) is 4.79 Å². The highest BCUT2D eigenvalue weighted by atomic mass is 16.1. The first-order valence-electron chi connectivity index (χ1n) is 6.48. The molecule has 3 nitrogen and oxygen atoms in total. The quantitative estimate of drug-likeness (QED) is 0.771. The van der Waals surface area contributed by atoms with Gasteiger partial charge in [0.05, 0.1) is 5.54 Å². The molecular formula is C13H26N2O. The van der Waals surface area contributed by atoms with E-state index in [0.717, 1.165) is 18.8 Å². The summed E-state index contributed by atoms with van der Waals surface area (Å²) in [5.74, 6) is 1.36. The number of hydrogen-bond acceptors (Lipinski definition) is 2. The Balaban J connectivity index is 2.50. The van der Waals surface area contributed by atoms with E-state index in [-0.39, 0.29) is 11.4 Å². The minimum Gasteiger partial charge on any atom is -0.349 e. The Bertz CT molecular complexity index is 230. The molecule has 1 saturated carbocycles. The van der Waals surface area contributed by atoms with Gasteiger partial charge >= 0.3 is 0 Å². The lowest BCUT2D eigenvalue weighted by molar-refractivity contribution is -0.124. The lowest BCUT2D eigenvalue weighted by atomic mass is 9.77. The second-order valence-corrected chi connectivity index (χ2v) is 5.81. The second-order valence-electron chi connectivity index (χ2n) is 5.81. The maximum Gasteiger partial charge on any atom is 0.220 e. The average molecular weight is 226 g/mol. The fourth-order valence-electron chi connectivity index (χ4n) is 2.41. The van der Waals surface area contributed by atoms with Crippen molar-refractivity contribution in [1.82, 2.24) is 5.32 Å². The Morgan fingerprint density at radius 1 is 1.44 bits per heavy atom. The topological polar surface area (TPSA) is 55.1 Å². The van der Waals surface area contributed by atoms with Gasteiger partial charge in [-0.05, 0) is 37.5 Å². The fourth-order valence-corrected chi connectivity index (χ4v) is 2.41. The summed E-state index contributed by atoms with van der Waals surface area (Å²) in [4.78, 5) is 11.8. The van der Waals surface area contributed by atoms with Crippen molar-refractivity contribution in [3.05, 3.63) is 0 Å². The predicted octanol–water partition coefficient (Wildman–Crippen LogP) is 2.06. The van der Waals surface area contributed by atoms with Crippen LogP contribution in [0, 0.1) is 11.8 Å². The van der Waals surface area contributed by atoms with Crippen molar-refractivity contribution in [2.45, 2.75) is 58.4 Å². The Hall–Kier alpha value is -0.570. The van der Waals surface area contributed by atoms with Gasteiger partial charge in [0, 0.05) is 13.0 Å². The zero-order chi connectivity index (χ0) is 12.2. The monoisotopic (exact) mass is 226 g/mol. The van der Waals surface area contributed by atoms with E-state index in [1.807, 2.05) is 0 Å². The van der Waals surface area contributed by atoms with E-state index in [1.54, 1.807) is 0 Å². The summed E-state index contributed by atoms with van der Waals surface area (Å²) in [6.45, 7) is 6.98. The molecule has 3 heteroatoms. The molecule has 0 aromatic rings. The van der Waals surface area contributed by atoms with Crippen LogP contribution in [0.2, 0.25) is 0 Å². The summed E-state index contributed by atoms with van der Waals surface area (Å²) in [6, 6.07) is 0. The Morgan fingerprint density at radius 2 is 2.00 bits per heavy atom. The molecule has 0 aromatic heterocycles. The second kappa shape index (κ2) is 5.67. The Morgan fingerprint density at radius 3 is 2.44 bits per heavy atom. The highest BCUT2D eigenvalue weighted by molar-refractivity contribution is 5.77. The van der Waals surface area contributed by atoms with Gasteiger partial charge in [-0.1, -0.05) is 20.8 Å². The first-order chi connectivity index (χ1) is 7.47. The third-order valence-corrected chi connectivity index (χ3v) is 3.62. The molecule has 0 saturated heterocycles. The molecule has 0 unspecified atom stereocenters. The van der Waals surface area contributed by atoms with Crippen LogP contribution in [0.3, 0.4) is 0 Å². The van der Waals surface area contributed by atoms with Crippen molar-refractivity contribution in [2.75, 3.05) is 6.54 Å².